The van der Waals surface area contributed by atoms with E-state index in [1.165, 1.54) is 5.56 Å². The van der Waals surface area contributed by atoms with Crippen LogP contribution in [0.15, 0.2) is 54.1 Å². The Kier molecular flexibility index (Phi) is 3.87. The molecule has 0 aromatic heterocycles. The van der Waals surface area contributed by atoms with Crippen molar-refractivity contribution in [3.8, 4) is 12.1 Å². The molecule has 0 unspecified atom stereocenters. The maximum Gasteiger partial charge on any atom is 0.168 e. The molecular formula is C21H22N2. The van der Waals surface area contributed by atoms with Gasteiger partial charge in [-0.2, -0.15) is 10.5 Å². The maximum atomic E-state index is 9.79. The Morgan fingerprint density at radius 3 is 2.43 bits per heavy atom. The van der Waals surface area contributed by atoms with Crippen LogP contribution in [-0.4, -0.2) is 0 Å². The van der Waals surface area contributed by atoms with E-state index in [0.717, 1.165) is 18.4 Å². The van der Waals surface area contributed by atoms with Crippen LogP contribution in [0.3, 0.4) is 0 Å². The number of hydrogen-bond acceptors (Lipinski definition) is 2. The quantitative estimate of drug-likeness (QED) is 0.675. The number of benzene rings is 1. The van der Waals surface area contributed by atoms with Gasteiger partial charge in [0.05, 0.1) is 12.1 Å². The first-order valence-electron chi connectivity index (χ1n) is 8.29. The number of nitrogens with zero attached hydrogens (tertiary/aromatic N) is 2. The Morgan fingerprint density at radius 2 is 1.78 bits per heavy atom. The number of allylic oxidation sites excluding steroid dienone is 4. The Hall–Kier alpha value is -2.32. The molecule has 2 atom stereocenters. The Morgan fingerprint density at radius 1 is 1.09 bits per heavy atom. The average molecular weight is 302 g/mol. The third kappa shape index (κ3) is 2.71. The van der Waals surface area contributed by atoms with E-state index in [4.69, 9.17) is 0 Å². The Labute approximate surface area is 138 Å². The minimum Gasteiger partial charge on any atom is -0.196 e. The van der Waals surface area contributed by atoms with E-state index in [9.17, 15) is 10.5 Å². The van der Waals surface area contributed by atoms with Gasteiger partial charge in [0.2, 0.25) is 0 Å². The van der Waals surface area contributed by atoms with E-state index >= 15 is 0 Å². The van der Waals surface area contributed by atoms with Crippen LogP contribution >= 0.6 is 0 Å². The average Bonchev–Trinajstić information content (AvgIpc) is 2.72. The van der Waals surface area contributed by atoms with Crippen molar-refractivity contribution in [2.75, 3.05) is 0 Å². The molecule has 116 valence electrons. The SMILES string of the molecule is CC1(C)C=C2[C@@H](CC1)[C@H](c1ccccc1)C=CCC2(C#N)C#N. The highest BCUT2D eigenvalue weighted by atomic mass is 14.5. The van der Waals surface area contributed by atoms with Crippen molar-refractivity contribution in [1.82, 2.24) is 0 Å². The van der Waals surface area contributed by atoms with Crippen LogP contribution in [0.1, 0.15) is 44.6 Å². The number of nitriles is 2. The normalized spacial score (nSPS) is 27.7. The number of fused-ring (bicyclic) bond motifs is 1. The highest BCUT2D eigenvalue weighted by molar-refractivity contribution is 5.43. The Balaban J connectivity index is 2.14. The summed E-state index contributed by atoms with van der Waals surface area (Å²) in [5, 5.41) is 19.6. The van der Waals surface area contributed by atoms with Gasteiger partial charge in [-0.25, -0.2) is 0 Å². The van der Waals surface area contributed by atoms with Gasteiger partial charge in [0.25, 0.3) is 0 Å². The lowest BCUT2D eigenvalue weighted by Crippen LogP contribution is -2.31. The summed E-state index contributed by atoms with van der Waals surface area (Å²) in [5.41, 5.74) is 1.35. The van der Waals surface area contributed by atoms with Crippen molar-refractivity contribution in [3.05, 3.63) is 59.7 Å². The molecule has 0 saturated heterocycles. The van der Waals surface area contributed by atoms with Gasteiger partial charge >= 0.3 is 0 Å². The van der Waals surface area contributed by atoms with E-state index in [-0.39, 0.29) is 17.3 Å². The van der Waals surface area contributed by atoms with E-state index in [2.05, 4.69) is 62.4 Å². The largest absolute Gasteiger partial charge is 0.196 e. The van der Waals surface area contributed by atoms with Crippen molar-refractivity contribution in [3.63, 3.8) is 0 Å². The summed E-state index contributed by atoms with van der Waals surface area (Å²) < 4.78 is 0. The molecule has 3 rings (SSSR count). The highest BCUT2D eigenvalue weighted by Crippen LogP contribution is 2.52. The summed E-state index contributed by atoms with van der Waals surface area (Å²) in [6, 6.07) is 15.1. The summed E-state index contributed by atoms with van der Waals surface area (Å²) in [5.74, 6) is 0.491. The summed E-state index contributed by atoms with van der Waals surface area (Å²) in [6.45, 7) is 4.40. The number of rotatable bonds is 1. The molecule has 0 aliphatic heterocycles. The zero-order valence-corrected chi connectivity index (χ0v) is 13.8. The van der Waals surface area contributed by atoms with Gasteiger partial charge in [-0.15, -0.1) is 0 Å². The van der Waals surface area contributed by atoms with Gasteiger partial charge in [0.15, 0.2) is 5.41 Å². The zero-order valence-electron chi connectivity index (χ0n) is 13.8. The predicted octanol–water partition coefficient (Wildman–Crippen LogP) is 5.13. The van der Waals surface area contributed by atoms with Gasteiger partial charge in [0.1, 0.15) is 0 Å². The third-order valence-electron chi connectivity index (χ3n) is 5.31. The molecule has 2 aliphatic rings. The van der Waals surface area contributed by atoms with Crippen molar-refractivity contribution in [2.24, 2.45) is 16.7 Å². The van der Waals surface area contributed by atoms with E-state index in [1.54, 1.807) is 0 Å². The summed E-state index contributed by atoms with van der Waals surface area (Å²) in [4.78, 5) is 0. The fourth-order valence-electron chi connectivity index (χ4n) is 4.00. The molecule has 0 bridgehead atoms. The molecule has 1 aromatic rings. The van der Waals surface area contributed by atoms with Gasteiger partial charge in [-0.3, -0.25) is 0 Å². The van der Waals surface area contributed by atoms with Crippen molar-refractivity contribution in [1.29, 1.82) is 10.5 Å². The lowest BCUT2D eigenvalue weighted by atomic mass is 9.62. The molecule has 0 amide bonds. The van der Waals surface area contributed by atoms with Gasteiger partial charge in [-0.05, 0) is 35.3 Å². The van der Waals surface area contributed by atoms with Crippen molar-refractivity contribution in [2.45, 2.75) is 39.0 Å². The van der Waals surface area contributed by atoms with E-state index in [0.29, 0.717) is 6.42 Å². The molecule has 0 saturated carbocycles. The monoisotopic (exact) mass is 302 g/mol. The van der Waals surface area contributed by atoms with Crippen LogP contribution in [0.25, 0.3) is 0 Å². The smallest absolute Gasteiger partial charge is 0.168 e. The molecule has 0 N–H and O–H groups in total. The second kappa shape index (κ2) is 5.71. The molecule has 1 aromatic carbocycles. The van der Waals surface area contributed by atoms with Crippen LogP contribution in [-0.2, 0) is 0 Å². The molecule has 0 radical (unpaired) electrons. The second-order valence-electron chi connectivity index (χ2n) is 7.43. The van der Waals surface area contributed by atoms with Crippen LogP contribution in [0, 0.1) is 39.4 Å². The first-order valence-corrected chi connectivity index (χ1v) is 8.29. The minimum absolute atomic E-state index is 0.0519. The molecule has 0 spiro atoms. The van der Waals surface area contributed by atoms with Gasteiger partial charge in [-0.1, -0.05) is 62.4 Å². The predicted molar refractivity (Wildman–Crippen MR) is 91.2 cm³/mol. The molecule has 2 heteroatoms. The van der Waals surface area contributed by atoms with Crippen LogP contribution in [0.2, 0.25) is 0 Å². The Bertz CT molecular complexity index is 711. The lowest BCUT2D eigenvalue weighted by Gasteiger charge is -2.39. The minimum atomic E-state index is -1.01. The third-order valence-corrected chi connectivity index (χ3v) is 5.31. The van der Waals surface area contributed by atoms with Crippen LogP contribution in [0.5, 0.6) is 0 Å². The van der Waals surface area contributed by atoms with Crippen molar-refractivity contribution < 1.29 is 0 Å². The highest BCUT2D eigenvalue weighted by Gasteiger charge is 2.45. The molecular weight excluding hydrogens is 280 g/mol. The molecule has 0 heterocycles. The lowest BCUT2D eigenvalue weighted by molar-refractivity contribution is 0.310. The standard InChI is InChI=1S/C21H22N2/c1-20(2)12-10-18-17(16-7-4-3-5-8-16)9-6-11-21(14-22,15-23)19(18)13-20/h3-9,13,17-18H,10-12H2,1-2H3/t17-,18-/m0/s1. The van der Waals surface area contributed by atoms with Crippen LogP contribution in [0.4, 0.5) is 0 Å². The first kappa shape index (κ1) is 15.6. The van der Waals surface area contributed by atoms with E-state index in [1.807, 2.05) is 12.1 Å². The summed E-state index contributed by atoms with van der Waals surface area (Å²) in [7, 11) is 0. The molecule has 23 heavy (non-hydrogen) atoms. The van der Waals surface area contributed by atoms with Crippen molar-refractivity contribution >= 4 is 0 Å². The molecule has 2 aliphatic carbocycles. The summed E-state index contributed by atoms with van der Waals surface area (Å²) >= 11 is 0. The van der Waals surface area contributed by atoms with E-state index < -0.39 is 5.41 Å². The molecule has 2 nitrogen and oxygen atoms in total. The second-order valence-corrected chi connectivity index (χ2v) is 7.43. The first-order chi connectivity index (χ1) is 11.0. The van der Waals surface area contributed by atoms with Gasteiger partial charge in [0, 0.05) is 12.3 Å². The zero-order chi connectivity index (χ0) is 16.5. The summed E-state index contributed by atoms with van der Waals surface area (Å²) in [6.07, 6.45) is 9.07. The number of hydrogen-bond donors (Lipinski definition) is 0. The topological polar surface area (TPSA) is 47.6 Å². The van der Waals surface area contributed by atoms with Crippen LogP contribution < -0.4 is 0 Å². The molecule has 0 fully saturated rings. The van der Waals surface area contributed by atoms with Gasteiger partial charge < -0.3 is 0 Å². The fraction of sp³-hybridized carbons (Fsp3) is 0.429. The fourth-order valence-corrected chi connectivity index (χ4v) is 4.00. The maximum absolute atomic E-state index is 9.79.